The van der Waals surface area contributed by atoms with Crippen molar-refractivity contribution >= 4 is 16.9 Å². The molecule has 0 aliphatic rings. The molecular weight excluding hydrogens is 232 g/mol. The van der Waals surface area contributed by atoms with E-state index in [0.29, 0.717) is 11.3 Å². The number of nitrogens with zero attached hydrogens (tertiary/aromatic N) is 2. The number of ether oxygens (including phenoxy) is 2. The van der Waals surface area contributed by atoms with Crippen LogP contribution in [0.5, 0.6) is 11.6 Å². The average molecular weight is 246 g/mol. The maximum absolute atomic E-state index is 11.0. The predicted molar refractivity (Wildman–Crippen MR) is 66.6 cm³/mol. The number of fused-ring (bicyclic) bond motifs is 1. The van der Waals surface area contributed by atoms with Gasteiger partial charge in [0.2, 0.25) is 5.75 Å². The molecule has 0 unspecified atom stereocenters. The Bertz CT molecular complexity index is 581. The molecule has 0 bridgehead atoms. The monoisotopic (exact) mass is 246 g/mol. The summed E-state index contributed by atoms with van der Waals surface area (Å²) in [6, 6.07) is 3.69. The lowest BCUT2D eigenvalue weighted by Crippen LogP contribution is -2.11. The van der Waals surface area contributed by atoms with Crippen molar-refractivity contribution in [1.82, 2.24) is 9.97 Å². The zero-order chi connectivity index (χ0) is 13.1. The van der Waals surface area contributed by atoms with Crippen LogP contribution in [0.25, 0.3) is 10.9 Å². The van der Waals surface area contributed by atoms with Gasteiger partial charge < -0.3 is 9.47 Å². The first kappa shape index (κ1) is 12.3. The van der Waals surface area contributed by atoms with Gasteiger partial charge in [0.15, 0.2) is 0 Å². The first-order chi connectivity index (χ1) is 8.58. The lowest BCUT2D eigenvalue weighted by atomic mass is 10.2. The van der Waals surface area contributed by atoms with Gasteiger partial charge >= 0.3 is 5.97 Å². The van der Waals surface area contributed by atoms with Crippen LogP contribution < -0.4 is 9.47 Å². The first-order valence-corrected chi connectivity index (χ1v) is 5.66. The van der Waals surface area contributed by atoms with Crippen LogP contribution in [0.1, 0.15) is 20.8 Å². The van der Waals surface area contributed by atoms with Crippen molar-refractivity contribution in [2.45, 2.75) is 26.9 Å². The van der Waals surface area contributed by atoms with Gasteiger partial charge in [-0.3, -0.25) is 9.78 Å². The number of hydrogen-bond donors (Lipinski definition) is 0. The van der Waals surface area contributed by atoms with E-state index in [9.17, 15) is 4.79 Å². The van der Waals surface area contributed by atoms with Gasteiger partial charge in [-0.1, -0.05) is 0 Å². The Balaban J connectivity index is 2.58. The van der Waals surface area contributed by atoms with E-state index in [-0.39, 0.29) is 12.0 Å². The number of rotatable bonds is 3. The number of pyridine rings is 2. The molecule has 0 atom stereocenters. The summed E-state index contributed by atoms with van der Waals surface area (Å²) in [5.74, 6) is 0.118. The molecule has 2 heterocycles. The van der Waals surface area contributed by atoms with Crippen LogP contribution in [-0.2, 0) is 4.79 Å². The fourth-order valence-corrected chi connectivity index (χ4v) is 1.55. The lowest BCUT2D eigenvalue weighted by molar-refractivity contribution is -0.132. The molecule has 0 spiro atoms. The summed E-state index contributed by atoms with van der Waals surface area (Å²) >= 11 is 0. The molecular formula is C13H14N2O3. The lowest BCUT2D eigenvalue weighted by Gasteiger charge is -2.14. The van der Waals surface area contributed by atoms with Gasteiger partial charge in [0.1, 0.15) is 5.52 Å². The van der Waals surface area contributed by atoms with Gasteiger partial charge in [-0.05, 0) is 26.0 Å². The summed E-state index contributed by atoms with van der Waals surface area (Å²) < 4.78 is 10.7. The molecule has 5 nitrogen and oxygen atoms in total. The molecule has 94 valence electrons. The number of hydrogen-bond acceptors (Lipinski definition) is 5. The van der Waals surface area contributed by atoms with E-state index in [0.717, 1.165) is 5.39 Å². The Morgan fingerprint density at radius 3 is 2.78 bits per heavy atom. The van der Waals surface area contributed by atoms with Crippen molar-refractivity contribution in [3.05, 3.63) is 24.5 Å². The van der Waals surface area contributed by atoms with E-state index in [1.54, 1.807) is 12.4 Å². The Kier molecular flexibility index (Phi) is 3.41. The molecule has 0 radical (unpaired) electrons. The van der Waals surface area contributed by atoms with Crippen LogP contribution in [0.15, 0.2) is 24.5 Å². The molecule has 0 amide bonds. The van der Waals surface area contributed by atoms with Gasteiger partial charge in [0, 0.05) is 24.7 Å². The number of esters is 1. The Labute approximate surface area is 105 Å². The Hall–Kier alpha value is -2.17. The number of carbonyl (C=O) groups is 1. The third-order valence-corrected chi connectivity index (χ3v) is 2.16. The minimum absolute atomic E-state index is 0.0614. The quantitative estimate of drug-likeness (QED) is 0.778. The molecule has 2 aromatic rings. The summed E-state index contributed by atoms with van der Waals surface area (Å²) in [6.07, 6.45) is 3.20. The van der Waals surface area contributed by atoms with Crippen LogP contribution in [0.3, 0.4) is 0 Å². The Morgan fingerprint density at radius 2 is 2.11 bits per heavy atom. The van der Waals surface area contributed by atoms with Crippen molar-refractivity contribution in [2.24, 2.45) is 0 Å². The van der Waals surface area contributed by atoms with Gasteiger partial charge in [-0.25, -0.2) is 4.98 Å². The second-order valence-electron chi connectivity index (χ2n) is 4.09. The first-order valence-electron chi connectivity index (χ1n) is 5.66. The molecule has 0 aliphatic heterocycles. The topological polar surface area (TPSA) is 61.3 Å². The average Bonchev–Trinajstić information content (AvgIpc) is 2.31. The second-order valence-corrected chi connectivity index (χ2v) is 4.09. The summed E-state index contributed by atoms with van der Waals surface area (Å²) in [7, 11) is 0. The Morgan fingerprint density at radius 1 is 1.33 bits per heavy atom. The SMILES string of the molecule is CC(=O)Oc1ncc2cccnc2c1OC(C)C. The molecule has 0 N–H and O–H groups in total. The maximum atomic E-state index is 11.0. The van der Waals surface area contributed by atoms with Crippen molar-refractivity contribution in [2.75, 3.05) is 0 Å². The predicted octanol–water partition coefficient (Wildman–Crippen LogP) is 2.34. The molecule has 0 fully saturated rings. The van der Waals surface area contributed by atoms with Crippen LogP contribution >= 0.6 is 0 Å². The molecule has 18 heavy (non-hydrogen) atoms. The fraction of sp³-hybridized carbons (Fsp3) is 0.308. The highest BCUT2D eigenvalue weighted by atomic mass is 16.6. The van der Waals surface area contributed by atoms with Crippen LogP contribution in [0.2, 0.25) is 0 Å². The highest BCUT2D eigenvalue weighted by molar-refractivity contribution is 5.86. The highest BCUT2D eigenvalue weighted by Crippen LogP contribution is 2.32. The van der Waals surface area contributed by atoms with Gasteiger partial charge in [-0.15, -0.1) is 0 Å². The standard InChI is InChI=1S/C13H14N2O3/c1-8(2)17-12-11-10(5-4-6-14-11)7-15-13(12)18-9(3)16/h4-8H,1-3H3. The third kappa shape index (κ3) is 2.56. The largest absolute Gasteiger partial charge is 0.484 e. The number of carbonyl (C=O) groups excluding carboxylic acids is 1. The van der Waals surface area contributed by atoms with Crippen molar-refractivity contribution in [3.63, 3.8) is 0 Å². The van der Waals surface area contributed by atoms with Crippen LogP contribution in [0, 0.1) is 0 Å². The molecule has 5 heteroatoms. The zero-order valence-electron chi connectivity index (χ0n) is 10.5. The molecule has 0 aromatic carbocycles. The summed E-state index contributed by atoms with van der Waals surface area (Å²) in [6.45, 7) is 5.10. The van der Waals surface area contributed by atoms with Gasteiger partial charge in [-0.2, -0.15) is 0 Å². The van der Waals surface area contributed by atoms with Gasteiger partial charge in [0.05, 0.1) is 6.10 Å². The van der Waals surface area contributed by atoms with E-state index in [4.69, 9.17) is 9.47 Å². The van der Waals surface area contributed by atoms with Crippen LogP contribution in [-0.4, -0.2) is 22.0 Å². The molecule has 0 saturated carbocycles. The fourth-order valence-electron chi connectivity index (χ4n) is 1.55. The normalized spacial score (nSPS) is 10.7. The molecule has 2 rings (SSSR count). The van der Waals surface area contributed by atoms with E-state index >= 15 is 0 Å². The number of aromatic nitrogens is 2. The van der Waals surface area contributed by atoms with E-state index < -0.39 is 5.97 Å². The van der Waals surface area contributed by atoms with Crippen LogP contribution in [0.4, 0.5) is 0 Å². The zero-order valence-corrected chi connectivity index (χ0v) is 10.5. The summed E-state index contributed by atoms with van der Waals surface area (Å²) in [5, 5.41) is 0.837. The summed E-state index contributed by atoms with van der Waals surface area (Å²) in [5.41, 5.74) is 0.637. The third-order valence-electron chi connectivity index (χ3n) is 2.16. The minimum atomic E-state index is -0.439. The second kappa shape index (κ2) is 5.00. The van der Waals surface area contributed by atoms with E-state index in [1.807, 2.05) is 26.0 Å². The highest BCUT2D eigenvalue weighted by Gasteiger charge is 2.16. The molecule has 0 aliphatic carbocycles. The van der Waals surface area contributed by atoms with Gasteiger partial charge in [0.25, 0.3) is 5.88 Å². The maximum Gasteiger partial charge on any atom is 0.309 e. The molecule has 2 aromatic heterocycles. The smallest absolute Gasteiger partial charge is 0.309 e. The summed E-state index contributed by atoms with van der Waals surface area (Å²) in [4.78, 5) is 19.4. The van der Waals surface area contributed by atoms with E-state index in [1.165, 1.54) is 6.92 Å². The van der Waals surface area contributed by atoms with Crippen molar-refractivity contribution < 1.29 is 14.3 Å². The van der Waals surface area contributed by atoms with Crippen molar-refractivity contribution in [3.8, 4) is 11.6 Å². The minimum Gasteiger partial charge on any atom is -0.484 e. The van der Waals surface area contributed by atoms with E-state index in [2.05, 4.69) is 9.97 Å². The molecule has 0 saturated heterocycles. The van der Waals surface area contributed by atoms with Crippen molar-refractivity contribution in [1.29, 1.82) is 0 Å².